The van der Waals surface area contributed by atoms with Crippen molar-refractivity contribution in [3.63, 3.8) is 0 Å². The van der Waals surface area contributed by atoms with Crippen molar-refractivity contribution in [2.45, 2.75) is 38.5 Å². The number of nitrogens with zero attached hydrogens (tertiary/aromatic N) is 2. The molecule has 1 atom stereocenters. The fourth-order valence-electron chi connectivity index (χ4n) is 3.46. The van der Waals surface area contributed by atoms with E-state index < -0.39 is 24.1 Å². The number of imide groups is 1. The lowest BCUT2D eigenvalue weighted by Gasteiger charge is -2.29. The Hall–Kier alpha value is -3.96. The molecule has 1 aromatic carbocycles. The number of aliphatic carboxylic acids is 1. The van der Waals surface area contributed by atoms with E-state index in [0.717, 1.165) is 22.4 Å². The quantitative estimate of drug-likeness (QED) is 0.577. The maximum atomic E-state index is 12.7. The third kappa shape index (κ3) is 5.10. The third-order valence-corrected chi connectivity index (χ3v) is 5.21. The molecule has 1 aromatic heterocycles. The molecule has 0 aliphatic carbocycles. The summed E-state index contributed by atoms with van der Waals surface area (Å²) in [5.74, 6) is -3.63. The first-order valence-electron chi connectivity index (χ1n) is 9.68. The van der Waals surface area contributed by atoms with E-state index in [1.165, 1.54) is 4.90 Å². The SMILES string of the molecule is Cc1cc(-c2ccc3c(c2)CN(C2CCC(=O)NC2=O)C3=O)ncc1N.O=C(O)C(F)(F)F. The van der Waals surface area contributed by atoms with Gasteiger partial charge in [-0.2, -0.15) is 13.2 Å². The van der Waals surface area contributed by atoms with Crippen LogP contribution >= 0.6 is 0 Å². The molecule has 33 heavy (non-hydrogen) atoms. The predicted molar refractivity (Wildman–Crippen MR) is 109 cm³/mol. The van der Waals surface area contributed by atoms with Gasteiger partial charge >= 0.3 is 12.1 Å². The van der Waals surface area contributed by atoms with Crippen molar-refractivity contribution < 1.29 is 37.5 Å². The van der Waals surface area contributed by atoms with Crippen LogP contribution in [0.4, 0.5) is 18.9 Å². The van der Waals surface area contributed by atoms with Crippen molar-refractivity contribution in [1.29, 1.82) is 0 Å². The summed E-state index contributed by atoms with van der Waals surface area (Å²) in [7, 11) is 0. The first kappa shape index (κ1) is 23.7. The number of alkyl halides is 3. The molecule has 0 spiro atoms. The van der Waals surface area contributed by atoms with Gasteiger partial charge in [0, 0.05) is 24.1 Å². The maximum Gasteiger partial charge on any atom is 0.490 e. The van der Waals surface area contributed by atoms with Crippen LogP contribution in [0.25, 0.3) is 11.3 Å². The molecule has 3 amide bonds. The molecule has 1 unspecified atom stereocenters. The average Bonchev–Trinajstić information content (AvgIpc) is 3.05. The van der Waals surface area contributed by atoms with Gasteiger partial charge < -0.3 is 15.7 Å². The number of pyridine rings is 1. The van der Waals surface area contributed by atoms with E-state index in [1.807, 2.05) is 25.1 Å². The molecule has 174 valence electrons. The molecule has 2 aliphatic heterocycles. The summed E-state index contributed by atoms with van der Waals surface area (Å²) in [5.41, 5.74) is 10.5. The summed E-state index contributed by atoms with van der Waals surface area (Å²) in [6.07, 6.45) is -2.86. The highest BCUT2D eigenvalue weighted by Gasteiger charge is 2.39. The summed E-state index contributed by atoms with van der Waals surface area (Å²) >= 11 is 0. The summed E-state index contributed by atoms with van der Waals surface area (Å²) < 4.78 is 31.7. The fourth-order valence-corrected chi connectivity index (χ4v) is 3.46. The molecule has 1 saturated heterocycles. The summed E-state index contributed by atoms with van der Waals surface area (Å²) in [5, 5.41) is 9.43. The van der Waals surface area contributed by atoms with Gasteiger partial charge in [-0.25, -0.2) is 4.79 Å². The minimum atomic E-state index is -5.08. The van der Waals surface area contributed by atoms with Crippen LogP contribution in [-0.2, 0) is 20.9 Å². The number of carbonyl (C=O) groups is 4. The smallest absolute Gasteiger partial charge is 0.475 e. The molecular weight excluding hydrogens is 445 g/mol. The van der Waals surface area contributed by atoms with Gasteiger partial charge in [0.2, 0.25) is 11.8 Å². The highest BCUT2D eigenvalue weighted by atomic mass is 19.4. The van der Waals surface area contributed by atoms with Crippen LogP contribution in [0.15, 0.2) is 30.5 Å². The zero-order chi connectivity index (χ0) is 24.5. The van der Waals surface area contributed by atoms with Crippen molar-refractivity contribution in [1.82, 2.24) is 15.2 Å². The van der Waals surface area contributed by atoms with Crippen LogP contribution in [-0.4, -0.2) is 50.9 Å². The first-order valence-corrected chi connectivity index (χ1v) is 9.68. The minimum absolute atomic E-state index is 0.178. The molecular formula is C21H19F3N4O5. The van der Waals surface area contributed by atoms with Gasteiger partial charge in [-0.1, -0.05) is 6.07 Å². The standard InChI is InChI=1S/C19H18N4O3.C2HF3O2/c1-10-6-15(21-8-14(10)20)11-2-3-13-12(7-11)9-23(19(13)26)16-4-5-17(24)22-18(16)25;3-2(4,5)1(6)7/h2-3,6-8,16H,4-5,9,20H2,1H3,(H,22,24,25);(H,6,7). The van der Waals surface area contributed by atoms with Crippen LogP contribution in [0.5, 0.6) is 0 Å². The molecule has 0 radical (unpaired) electrons. The van der Waals surface area contributed by atoms with Crippen molar-refractivity contribution in [3.8, 4) is 11.3 Å². The van der Waals surface area contributed by atoms with Gasteiger partial charge in [0.25, 0.3) is 5.91 Å². The van der Waals surface area contributed by atoms with Gasteiger partial charge in [-0.15, -0.1) is 0 Å². The summed E-state index contributed by atoms with van der Waals surface area (Å²) in [6, 6.07) is 6.85. The maximum absolute atomic E-state index is 12.7. The Kier molecular flexibility index (Phi) is 6.38. The van der Waals surface area contributed by atoms with E-state index in [0.29, 0.717) is 24.2 Å². The zero-order valence-electron chi connectivity index (χ0n) is 17.3. The zero-order valence-corrected chi connectivity index (χ0v) is 17.3. The number of nitrogens with two attached hydrogens (primary N) is 1. The van der Waals surface area contributed by atoms with Crippen LogP contribution < -0.4 is 11.1 Å². The number of anilines is 1. The van der Waals surface area contributed by atoms with Crippen molar-refractivity contribution in [2.24, 2.45) is 0 Å². The van der Waals surface area contributed by atoms with E-state index in [2.05, 4.69) is 10.3 Å². The Labute approximate surface area is 185 Å². The second kappa shape index (κ2) is 8.88. The Morgan fingerprint density at radius 2 is 1.91 bits per heavy atom. The number of benzene rings is 1. The number of rotatable bonds is 2. The van der Waals surface area contributed by atoms with Gasteiger partial charge in [-0.3, -0.25) is 24.7 Å². The number of hydrogen-bond acceptors (Lipinski definition) is 6. The van der Waals surface area contributed by atoms with Gasteiger partial charge in [0.1, 0.15) is 6.04 Å². The molecule has 1 fully saturated rings. The number of carbonyl (C=O) groups excluding carboxylic acids is 3. The van der Waals surface area contributed by atoms with Crippen LogP contribution in [0.2, 0.25) is 0 Å². The Balaban J connectivity index is 0.000000383. The third-order valence-electron chi connectivity index (χ3n) is 5.21. The van der Waals surface area contributed by atoms with Crippen LogP contribution in [0.1, 0.15) is 34.3 Å². The number of fused-ring (bicyclic) bond motifs is 1. The number of nitrogen functional groups attached to an aromatic ring is 1. The number of aromatic nitrogens is 1. The molecule has 2 aliphatic rings. The molecule has 4 N–H and O–H groups in total. The van der Waals surface area contributed by atoms with E-state index in [-0.39, 0.29) is 18.2 Å². The lowest BCUT2D eigenvalue weighted by Crippen LogP contribution is -2.52. The average molecular weight is 464 g/mol. The molecule has 12 heteroatoms. The van der Waals surface area contributed by atoms with Crippen LogP contribution in [0, 0.1) is 6.92 Å². The number of halogens is 3. The van der Waals surface area contributed by atoms with Crippen molar-refractivity contribution >= 4 is 29.4 Å². The number of carboxylic acids is 1. The topological polar surface area (TPSA) is 143 Å². The van der Waals surface area contributed by atoms with Crippen molar-refractivity contribution in [2.75, 3.05) is 5.73 Å². The lowest BCUT2D eigenvalue weighted by molar-refractivity contribution is -0.192. The Bertz CT molecular complexity index is 1150. The van der Waals surface area contributed by atoms with E-state index in [1.54, 1.807) is 12.3 Å². The number of amides is 3. The number of carboxylic acid groups (broad SMARTS) is 1. The number of aryl methyl sites for hydroxylation is 1. The second-order valence-corrected chi connectivity index (χ2v) is 7.50. The Morgan fingerprint density at radius 3 is 2.48 bits per heavy atom. The van der Waals surface area contributed by atoms with Gasteiger partial charge in [0.15, 0.2) is 0 Å². The molecule has 9 nitrogen and oxygen atoms in total. The van der Waals surface area contributed by atoms with Crippen LogP contribution in [0.3, 0.4) is 0 Å². The Morgan fingerprint density at radius 1 is 1.24 bits per heavy atom. The lowest BCUT2D eigenvalue weighted by atomic mass is 10.0. The minimum Gasteiger partial charge on any atom is -0.475 e. The fraction of sp³-hybridized carbons (Fsp3) is 0.286. The molecule has 0 saturated carbocycles. The second-order valence-electron chi connectivity index (χ2n) is 7.50. The van der Waals surface area contributed by atoms with Gasteiger partial charge in [0.05, 0.1) is 17.6 Å². The number of hydrogen-bond donors (Lipinski definition) is 3. The highest BCUT2D eigenvalue weighted by molar-refractivity contribution is 6.05. The van der Waals surface area contributed by atoms with Gasteiger partial charge in [-0.05, 0) is 42.7 Å². The molecule has 2 aromatic rings. The first-order chi connectivity index (χ1) is 15.4. The highest BCUT2D eigenvalue weighted by Crippen LogP contribution is 2.31. The monoisotopic (exact) mass is 464 g/mol. The van der Waals surface area contributed by atoms with Crippen molar-refractivity contribution in [3.05, 3.63) is 47.2 Å². The normalized spacial score (nSPS) is 17.8. The summed E-state index contributed by atoms with van der Waals surface area (Å²) in [4.78, 5) is 50.9. The summed E-state index contributed by atoms with van der Waals surface area (Å²) in [6.45, 7) is 2.27. The van der Waals surface area contributed by atoms with E-state index in [9.17, 15) is 27.6 Å². The predicted octanol–water partition coefficient (Wildman–Crippen LogP) is 2.03. The van der Waals surface area contributed by atoms with E-state index >= 15 is 0 Å². The molecule has 0 bridgehead atoms. The molecule has 4 rings (SSSR count). The molecule has 3 heterocycles. The largest absolute Gasteiger partial charge is 0.490 e. The number of nitrogens with one attached hydrogen (secondary N) is 1. The number of piperidine rings is 1. The van der Waals surface area contributed by atoms with E-state index in [4.69, 9.17) is 15.6 Å².